The lowest BCUT2D eigenvalue weighted by Crippen LogP contribution is -2.47. The first-order chi connectivity index (χ1) is 12.6. The van der Waals surface area contributed by atoms with Gasteiger partial charge in [-0.25, -0.2) is 0 Å². The van der Waals surface area contributed by atoms with E-state index in [2.05, 4.69) is 29.7 Å². The minimum absolute atomic E-state index is 0.133. The SMILES string of the molecule is CSCCC(NC(=O)c1ccccc1)C(=O)NCC(C)c1ccccc1. The van der Waals surface area contributed by atoms with Gasteiger partial charge in [-0.2, -0.15) is 11.8 Å². The second-order valence-corrected chi connectivity index (χ2v) is 7.22. The van der Waals surface area contributed by atoms with Crippen LogP contribution < -0.4 is 10.6 Å². The molecule has 2 aromatic carbocycles. The Labute approximate surface area is 159 Å². The topological polar surface area (TPSA) is 58.2 Å². The lowest BCUT2D eigenvalue weighted by atomic mass is 10.0. The number of nitrogens with one attached hydrogen (secondary N) is 2. The summed E-state index contributed by atoms with van der Waals surface area (Å²) in [6.45, 7) is 2.62. The highest BCUT2D eigenvalue weighted by atomic mass is 32.2. The molecule has 0 heterocycles. The minimum Gasteiger partial charge on any atom is -0.354 e. The average Bonchev–Trinajstić information content (AvgIpc) is 2.70. The van der Waals surface area contributed by atoms with Gasteiger partial charge in [-0.15, -0.1) is 0 Å². The van der Waals surface area contributed by atoms with Crippen LogP contribution in [-0.4, -0.2) is 36.4 Å². The zero-order valence-corrected chi connectivity index (χ0v) is 16.1. The van der Waals surface area contributed by atoms with Crippen LogP contribution in [0, 0.1) is 0 Å². The van der Waals surface area contributed by atoms with Crippen LogP contribution in [0.25, 0.3) is 0 Å². The smallest absolute Gasteiger partial charge is 0.251 e. The molecule has 0 bridgehead atoms. The molecule has 0 saturated carbocycles. The number of rotatable bonds is 9. The Bertz CT molecular complexity index is 692. The van der Waals surface area contributed by atoms with Crippen LogP contribution in [0.3, 0.4) is 0 Å². The fourth-order valence-corrected chi connectivity index (χ4v) is 3.08. The Balaban J connectivity index is 1.94. The fourth-order valence-electron chi connectivity index (χ4n) is 2.61. The molecule has 0 fully saturated rings. The van der Waals surface area contributed by atoms with Gasteiger partial charge in [0.1, 0.15) is 6.04 Å². The van der Waals surface area contributed by atoms with E-state index < -0.39 is 6.04 Å². The molecule has 5 heteroatoms. The highest BCUT2D eigenvalue weighted by molar-refractivity contribution is 7.98. The van der Waals surface area contributed by atoms with Crippen LogP contribution in [0.15, 0.2) is 60.7 Å². The molecule has 0 aliphatic carbocycles. The summed E-state index contributed by atoms with van der Waals surface area (Å²) in [5.41, 5.74) is 1.74. The van der Waals surface area contributed by atoms with Crippen LogP contribution in [-0.2, 0) is 4.79 Å². The van der Waals surface area contributed by atoms with Crippen molar-refractivity contribution in [3.8, 4) is 0 Å². The summed E-state index contributed by atoms with van der Waals surface area (Å²) in [6, 6.07) is 18.5. The molecule has 138 valence electrons. The first kappa shape index (κ1) is 20.0. The van der Waals surface area contributed by atoms with Crippen molar-refractivity contribution in [3.05, 3.63) is 71.8 Å². The molecule has 4 nitrogen and oxygen atoms in total. The van der Waals surface area contributed by atoms with E-state index in [1.54, 1.807) is 23.9 Å². The van der Waals surface area contributed by atoms with E-state index in [0.717, 1.165) is 5.75 Å². The zero-order valence-electron chi connectivity index (χ0n) is 15.3. The average molecular weight is 371 g/mol. The third kappa shape index (κ3) is 6.23. The van der Waals surface area contributed by atoms with Gasteiger partial charge >= 0.3 is 0 Å². The number of amides is 2. The summed E-state index contributed by atoms with van der Waals surface area (Å²) in [5.74, 6) is 0.668. The second-order valence-electron chi connectivity index (χ2n) is 6.23. The van der Waals surface area contributed by atoms with Crippen LogP contribution >= 0.6 is 11.8 Å². The van der Waals surface area contributed by atoms with Crippen LogP contribution in [0.5, 0.6) is 0 Å². The monoisotopic (exact) mass is 370 g/mol. The molecule has 2 N–H and O–H groups in total. The van der Waals surface area contributed by atoms with Gasteiger partial charge < -0.3 is 10.6 Å². The van der Waals surface area contributed by atoms with E-state index in [1.807, 2.05) is 42.7 Å². The first-order valence-electron chi connectivity index (χ1n) is 8.79. The maximum Gasteiger partial charge on any atom is 0.251 e. The fraction of sp³-hybridized carbons (Fsp3) is 0.333. The summed E-state index contributed by atoms with van der Waals surface area (Å²) in [7, 11) is 0. The first-order valence-corrected chi connectivity index (χ1v) is 10.2. The third-order valence-corrected chi connectivity index (χ3v) is 4.86. The number of hydrogen-bond donors (Lipinski definition) is 2. The quantitative estimate of drug-likeness (QED) is 0.711. The molecule has 0 radical (unpaired) electrons. The molecule has 0 aliphatic heterocycles. The van der Waals surface area contributed by atoms with Crippen molar-refractivity contribution < 1.29 is 9.59 Å². The number of carbonyl (C=O) groups excluding carboxylic acids is 2. The highest BCUT2D eigenvalue weighted by Gasteiger charge is 2.21. The molecule has 26 heavy (non-hydrogen) atoms. The number of hydrogen-bond acceptors (Lipinski definition) is 3. The van der Waals surface area contributed by atoms with E-state index in [9.17, 15) is 9.59 Å². The Morgan fingerprint density at radius 2 is 1.62 bits per heavy atom. The Kier molecular flexibility index (Phi) is 8.22. The maximum absolute atomic E-state index is 12.6. The predicted octanol–water partition coefficient (Wildman–Crippen LogP) is 3.46. The van der Waals surface area contributed by atoms with Crippen LogP contribution in [0.4, 0.5) is 0 Å². The summed E-state index contributed by atoms with van der Waals surface area (Å²) < 4.78 is 0. The van der Waals surface area contributed by atoms with E-state index >= 15 is 0 Å². The largest absolute Gasteiger partial charge is 0.354 e. The van der Waals surface area contributed by atoms with Gasteiger partial charge in [0.15, 0.2) is 0 Å². The van der Waals surface area contributed by atoms with Gasteiger partial charge in [-0.3, -0.25) is 9.59 Å². The molecule has 2 amide bonds. The van der Waals surface area contributed by atoms with Gasteiger partial charge in [0.05, 0.1) is 0 Å². The van der Waals surface area contributed by atoms with Gasteiger partial charge in [-0.05, 0) is 42.0 Å². The van der Waals surface area contributed by atoms with Crippen molar-refractivity contribution in [2.45, 2.75) is 25.3 Å². The maximum atomic E-state index is 12.6. The highest BCUT2D eigenvalue weighted by Crippen LogP contribution is 2.13. The molecule has 0 aromatic heterocycles. The van der Waals surface area contributed by atoms with Crippen molar-refractivity contribution >= 4 is 23.6 Å². The van der Waals surface area contributed by atoms with Crippen molar-refractivity contribution in [1.29, 1.82) is 0 Å². The zero-order chi connectivity index (χ0) is 18.8. The van der Waals surface area contributed by atoms with Crippen molar-refractivity contribution in [2.75, 3.05) is 18.6 Å². The van der Waals surface area contributed by atoms with Crippen LogP contribution in [0.2, 0.25) is 0 Å². The number of carbonyl (C=O) groups is 2. The molecule has 2 atom stereocenters. The molecule has 2 rings (SSSR count). The molecule has 0 aliphatic rings. The molecule has 0 spiro atoms. The lowest BCUT2D eigenvalue weighted by Gasteiger charge is -2.20. The Morgan fingerprint density at radius 3 is 2.23 bits per heavy atom. The predicted molar refractivity (Wildman–Crippen MR) is 109 cm³/mol. The molecule has 2 aromatic rings. The van der Waals surface area contributed by atoms with Crippen molar-refractivity contribution in [1.82, 2.24) is 10.6 Å². The lowest BCUT2D eigenvalue weighted by molar-refractivity contribution is -0.123. The molecular weight excluding hydrogens is 344 g/mol. The summed E-state index contributed by atoms with van der Waals surface area (Å²) >= 11 is 1.66. The van der Waals surface area contributed by atoms with Crippen molar-refractivity contribution in [2.24, 2.45) is 0 Å². The summed E-state index contributed by atoms with van der Waals surface area (Å²) in [5, 5.41) is 5.85. The van der Waals surface area contributed by atoms with E-state index in [0.29, 0.717) is 18.5 Å². The molecule has 0 saturated heterocycles. The van der Waals surface area contributed by atoms with Gasteiger partial charge in [0, 0.05) is 12.1 Å². The van der Waals surface area contributed by atoms with E-state index in [-0.39, 0.29) is 17.7 Å². The Morgan fingerprint density at radius 1 is 1.00 bits per heavy atom. The van der Waals surface area contributed by atoms with E-state index in [1.165, 1.54) is 5.56 Å². The standard InChI is InChI=1S/C21H26N2O2S/c1-16(17-9-5-3-6-10-17)15-22-21(25)19(13-14-26-2)23-20(24)18-11-7-4-8-12-18/h3-12,16,19H,13-15H2,1-2H3,(H,22,25)(H,23,24). The van der Waals surface area contributed by atoms with Gasteiger partial charge in [0.2, 0.25) is 5.91 Å². The molecule has 2 unspecified atom stereocenters. The summed E-state index contributed by atoms with van der Waals surface area (Å²) in [6.07, 6.45) is 2.59. The third-order valence-electron chi connectivity index (χ3n) is 4.22. The minimum atomic E-state index is -0.530. The number of thioether (sulfide) groups is 1. The second kappa shape index (κ2) is 10.7. The van der Waals surface area contributed by atoms with E-state index in [4.69, 9.17) is 0 Å². The Hall–Kier alpha value is -2.27. The van der Waals surface area contributed by atoms with Gasteiger partial charge in [-0.1, -0.05) is 55.5 Å². The van der Waals surface area contributed by atoms with Crippen molar-refractivity contribution in [3.63, 3.8) is 0 Å². The van der Waals surface area contributed by atoms with Crippen LogP contribution in [0.1, 0.15) is 35.2 Å². The molecular formula is C21H26N2O2S. The summed E-state index contributed by atoms with van der Waals surface area (Å²) in [4.78, 5) is 25.0. The number of benzene rings is 2. The van der Waals surface area contributed by atoms with Gasteiger partial charge in [0.25, 0.3) is 5.91 Å². The normalized spacial score (nSPS) is 12.8.